The standard InChI is InChI=1S/C24H26N2O3S/c1-24(2,3)26-23(27)21-11-7-10-20(16-21)19-12-14-22(15-13-19)30(28,29)25-17-18-8-5-4-6-9-18/h4-16,25H,17H2,1-3H3,(H,26,27). The molecule has 0 aliphatic rings. The topological polar surface area (TPSA) is 75.3 Å². The fraction of sp³-hybridized carbons (Fsp3) is 0.208. The predicted molar refractivity (Wildman–Crippen MR) is 120 cm³/mol. The van der Waals surface area contributed by atoms with Crippen LogP contribution in [-0.2, 0) is 16.6 Å². The highest BCUT2D eigenvalue weighted by molar-refractivity contribution is 7.89. The van der Waals surface area contributed by atoms with Crippen molar-refractivity contribution in [2.45, 2.75) is 37.8 Å². The van der Waals surface area contributed by atoms with Crippen molar-refractivity contribution < 1.29 is 13.2 Å². The lowest BCUT2D eigenvalue weighted by Crippen LogP contribution is -2.40. The third-order valence-corrected chi connectivity index (χ3v) is 5.84. The number of rotatable bonds is 6. The lowest BCUT2D eigenvalue weighted by Gasteiger charge is -2.20. The van der Waals surface area contributed by atoms with E-state index in [9.17, 15) is 13.2 Å². The molecule has 2 N–H and O–H groups in total. The SMILES string of the molecule is CC(C)(C)NC(=O)c1cccc(-c2ccc(S(=O)(=O)NCc3ccccc3)cc2)c1. The van der Waals surface area contributed by atoms with Gasteiger partial charge < -0.3 is 5.32 Å². The first-order valence-corrected chi connectivity index (χ1v) is 11.2. The van der Waals surface area contributed by atoms with Crippen LogP contribution in [0.1, 0.15) is 36.7 Å². The van der Waals surface area contributed by atoms with Gasteiger partial charge in [0.2, 0.25) is 10.0 Å². The Kier molecular flexibility index (Phi) is 6.39. The molecule has 0 aliphatic heterocycles. The second-order valence-corrected chi connectivity index (χ2v) is 9.89. The Morgan fingerprint density at radius 2 is 1.50 bits per heavy atom. The molecule has 0 atom stereocenters. The molecule has 0 fully saturated rings. The van der Waals surface area contributed by atoms with Gasteiger partial charge >= 0.3 is 0 Å². The van der Waals surface area contributed by atoms with Gasteiger partial charge in [-0.05, 0) is 61.7 Å². The fourth-order valence-electron chi connectivity index (χ4n) is 2.94. The second-order valence-electron chi connectivity index (χ2n) is 8.12. The van der Waals surface area contributed by atoms with Crippen molar-refractivity contribution in [2.75, 3.05) is 0 Å². The Hall–Kier alpha value is -2.96. The van der Waals surface area contributed by atoms with E-state index in [1.807, 2.05) is 63.2 Å². The number of nitrogens with one attached hydrogen (secondary N) is 2. The van der Waals surface area contributed by atoms with Crippen LogP contribution in [0.15, 0.2) is 83.8 Å². The van der Waals surface area contributed by atoms with Crippen molar-refractivity contribution in [1.82, 2.24) is 10.0 Å². The first kappa shape index (κ1) is 21.7. The molecular weight excluding hydrogens is 396 g/mol. The molecule has 3 aromatic carbocycles. The van der Waals surface area contributed by atoms with Crippen LogP contribution >= 0.6 is 0 Å². The Balaban J connectivity index is 1.75. The number of hydrogen-bond donors (Lipinski definition) is 2. The minimum absolute atomic E-state index is 0.145. The van der Waals surface area contributed by atoms with Crippen molar-refractivity contribution in [3.05, 3.63) is 90.0 Å². The van der Waals surface area contributed by atoms with Crippen LogP contribution in [0.3, 0.4) is 0 Å². The van der Waals surface area contributed by atoms with Crippen molar-refractivity contribution in [1.29, 1.82) is 0 Å². The minimum Gasteiger partial charge on any atom is -0.347 e. The largest absolute Gasteiger partial charge is 0.347 e. The molecule has 0 saturated carbocycles. The van der Waals surface area contributed by atoms with Crippen molar-refractivity contribution >= 4 is 15.9 Å². The zero-order chi connectivity index (χ0) is 21.8. The molecule has 3 rings (SSSR count). The summed E-state index contributed by atoms with van der Waals surface area (Å²) in [6.07, 6.45) is 0. The average Bonchev–Trinajstić information content (AvgIpc) is 2.72. The highest BCUT2D eigenvalue weighted by Crippen LogP contribution is 2.23. The second kappa shape index (κ2) is 8.81. The van der Waals surface area contributed by atoms with Gasteiger partial charge in [-0.1, -0.05) is 54.6 Å². The van der Waals surface area contributed by atoms with Crippen molar-refractivity contribution in [3.63, 3.8) is 0 Å². The van der Waals surface area contributed by atoms with Crippen LogP contribution in [0.2, 0.25) is 0 Å². The smallest absolute Gasteiger partial charge is 0.251 e. The Bertz CT molecular complexity index is 1120. The number of carbonyl (C=O) groups excluding carboxylic acids is 1. The summed E-state index contributed by atoms with van der Waals surface area (Å²) in [5.41, 5.74) is 2.81. The maximum atomic E-state index is 12.6. The zero-order valence-corrected chi connectivity index (χ0v) is 18.2. The van der Waals surface area contributed by atoms with Crippen LogP contribution in [0.25, 0.3) is 11.1 Å². The van der Waals surface area contributed by atoms with E-state index in [2.05, 4.69) is 10.0 Å². The molecule has 0 radical (unpaired) electrons. The molecule has 0 aromatic heterocycles. The van der Waals surface area contributed by atoms with Gasteiger partial charge in [-0.25, -0.2) is 13.1 Å². The zero-order valence-electron chi connectivity index (χ0n) is 17.3. The number of sulfonamides is 1. The summed E-state index contributed by atoms with van der Waals surface area (Å²) in [7, 11) is -3.61. The molecule has 1 amide bonds. The van der Waals surface area contributed by atoms with Gasteiger partial charge in [0.25, 0.3) is 5.91 Å². The van der Waals surface area contributed by atoms with Crippen LogP contribution in [0, 0.1) is 0 Å². The average molecular weight is 423 g/mol. The summed E-state index contributed by atoms with van der Waals surface area (Å²) in [4.78, 5) is 12.6. The lowest BCUT2D eigenvalue weighted by molar-refractivity contribution is 0.0919. The molecule has 0 aliphatic carbocycles. The molecule has 0 bridgehead atoms. The molecule has 3 aromatic rings. The number of hydrogen-bond acceptors (Lipinski definition) is 3. The minimum atomic E-state index is -3.61. The maximum Gasteiger partial charge on any atom is 0.251 e. The summed E-state index contributed by atoms with van der Waals surface area (Å²) in [5.74, 6) is -0.145. The number of amides is 1. The van der Waals surface area contributed by atoms with Gasteiger partial charge in [0.15, 0.2) is 0 Å². The predicted octanol–water partition coefficient (Wildman–Crippen LogP) is 4.36. The third kappa shape index (κ3) is 5.78. The van der Waals surface area contributed by atoms with E-state index in [1.165, 1.54) is 0 Å². The molecular formula is C24H26N2O3S. The fourth-order valence-corrected chi connectivity index (χ4v) is 3.95. The van der Waals surface area contributed by atoms with Gasteiger partial charge in [-0.15, -0.1) is 0 Å². The summed E-state index contributed by atoms with van der Waals surface area (Å²) in [6.45, 7) is 6.02. The molecule has 0 spiro atoms. The first-order chi connectivity index (χ1) is 14.1. The lowest BCUT2D eigenvalue weighted by atomic mass is 10.0. The van der Waals surface area contributed by atoms with Gasteiger partial charge in [0.05, 0.1) is 4.90 Å². The monoisotopic (exact) mass is 422 g/mol. The van der Waals surface area contributed by atoms with Gasteiger partial charge in [-0.3, -0.25) is 4.79 Å². The molecule has 0 heterocycles. The van der Waals surface area contributed by atoms with Crippen LogP contribution < -0.4 is 10.0 Å². The van der Waals surface area contributed by atoms with Crippen LogP contribution in [0.4, 0.5) is 0 Å². The highest BCUT2D eigenvalue weighted by Gasteiger charge is 2.16. The summed E-state index contributed by atoms with van der Waals surface area (Å²) >= 11 is 0. The number of carbonyl (C=O) groups is 1. The Labute approximate surface area is 178 Å². The summed E-state index contributed by atoms with van der Waals surface area (Å²) in [6, 6.07) is 23.3. The molecule has 0 unspecified atom stereocenters. The van der Waals surface area contributed by atoms with E-state index in [-0.39, 0.29) is 22.9 Å². The van der Waals surface area contributed by atoms with E-state index < -0.39 is 10.0 Å². The van der Waals surface area contributed by atoms with E-state index in [4.69, 9.17) is 0 Å². The maximum absolute atomic E-state index is 12.6. The van der Waals surface area contributed by atoms with Crippen LogP contribution in [0.5, 0.6) is 0 Å². The van der Waals surface area contributed by atoms with E-state index in [0.717, 1.165) is 16.7 Å². The normalized spacial score (nSPS) is 11.8. The first-order valence-electron chi connectivity index (χ1n) is 9.71. The molecule has 30 heavy (non-hydrogen) atoms. The van der Waals surface area contributed by atoms with E-state index >= 15 is 0 Å². The Morgan fingerprint density at radius 3 is 2.13 bits per heavy atom. The van der Waals surface area contributed by atoms with Gasteiger partial charge in [0, 0.05) is 17.6 Å². The van der Waals surface area contributed by atoms with Gasteiger partial charge in [-0.2, -0.15) is 0 Å². The molecule has 156 valence electrons. The molecule has 6 heteroatoms. The van der Waals surface area contributed by atoms with Crippen LogP contribution in [-0.4, -0.2) is 19.9 Å². The summed E-state index contributed by atoms with van der Waals surface area (Å²) < 4.78 is 27.7. The third-order valence-electron chi connectivity index (χ3n) is 4.42. The van der Waals surface area contributed by atoms with E-state index in [0.29, 0.717) is 5.56 Å². The quantitative estimate of drug-likeness (QED) is 0.620. The molecule has 0 saturated heterocycles. The van der Waals surface area contributed by atoms with Gasteiger partial charge in [0.1, 0.15) is 0 Å². The molecule has 5 nitrogen and oxygen atoms in total. The Morgan fingerprint density at radius 1 is 0.833 bits per heavy atom. The van der Waals surface area contributed by atoms with Crippen molar-refractivity contribution in [2.24, 2.45) is 0 Å². The van der Waals surface area contributed by atoms with E-state index in [1.54, 1.807) is 36.4 Å². The number of benzene rings is 3. The van der Waals surface area contributed by atoms with Crippen molar-refractivity contribution in [3.8, 4) is 11.1 Å². The highest BCUT2D eigenvalue weighted by atomic mass is 32.2. The summed E-state index contributed by atoms with van der Waals surface area (Å²) in [5, 5.41) is 2.94.